The Labute approximate surface area is 103 Å². The summed E-state index contributed by atoms with van der Waals surface area (Å²) < 4.78 is 1.88. The molecule has 1 fully saturated rings. The van der Waals surface area contributed by atoms with Crippen LogP contribution < -0.4 is 0 Å². The number of aromatic nitrogens is 2. The lowest BCUT2D eigenvalue weighted by molar-refractivity contribution is -0.128. The van der Waals surface area contributed by atoms with Crippen molar-refractivity contribution < 1.29 is 4.79 Å². The number of aryl methyl sites for hydroxylation is 1. The number of nitrogens with zero attached hydrogens (tertiary/aromatic N) is 2. The minimum Gasteiger partial charge on any atom is -0.299 e. The first kappa shape index (κ1) is 12.3. The van der Waals surface area contributed by atoms with Crippen molar-refractivity contribution in [3.05, 3.63) is 18.0 Å². The van der Waals surface area contributed by atoms with Crippen LogP contribution >= 0.6 is 0 Å². The third-order valence-electron chi connectivity index (χ3n) is 4.01. The molecule has 94 valence electrons. The van der Waals surface area contributed by atoms with Crippen molar-refractivity contribution in [2.24, 2.45) is 5.41 Å². The number of carbonyl (C=O) groups is 1. The van der Waals surface area contributed by atoms with Gasteiger partial charge in [-0.25, -0.2) is 0 Å². The molecule has 1 aromatic rings. The second-order valence-corrected chi connectivity index (χ2v) is 5.43. The molecule has 0 aromatic carbocycles. The fraction of sp³-hybridized carbons (Fsp3) is 0.714. The highest BCUT2D eigenvalue weighted by Crippen LogP contribution is 2.37. The van der Waals surface area contributed by atoms with Gasteiger partial charge in [-0.3, -0.25) is 9.48 Å². The van der Waals surface area contributed by atoms with Gasteiger partial charge in [0, 0.05) is 24.6 Å². The Morgan fingerprint density at radius 1 is 1.41 bits per heavy atom. The minimum absolute atomic E-state index is 0.0768. The van der Waals surface area contributed by atoms with Crippen LogP contribution in [0.15, 0.2) is 12.4 Å². The van der Waals surface area contributed by atoms with E-state index in [0.717, 1.165) is 24.9 Å². The zero-order chi connectivity index (χ0) is 12.3. The molecule has 0 spiro atoms. The van der Waals surface area contributed by atoms with Gasteiger partial charge in [0.1, 0.15) is 5.78 Å². The number of rotatable bonds is 4. The molecule has 0 saturated heterocycles. The summed E-state index contributed by atoms with van der Waals surface area (Å²) in [5.41, 5.74) is 0.982. The van der Waals surface area contributed by atoms with Crippen LogP contribution in [-0.4, -0.2) is 15.6 Å². The maximum absolute atomic E-state index is 12.3. The van der Waals surface area contributed by atoms with Crippen molar-refractivity contribution in [1.82, 2.24) is 9.78 Å². The Bertz CT molecular complexity index is 389. The van der Waals surface area contributed by atoms with Gasteiger partial charge in [-0.2, -0.15) is 5.10 Å². The van der Waals surface area contributed by atoms with Gasteiger partial charge < -0.3 is 0 Å². The number of carbonyl (C=O) groups excluding carboxylic acids is 1. The predicted octanol–water partition coefficient (Wildman–Crippen LogP) is 2.99. The second-order valence-electron chi connectivity index (χ2n) is 5.43. The van der Waals surface area contributed by atoms with Crippen molar-refractivity contribution in [1.29, 1.82) is 0 Å². The van der Waals surface area contributed by atoms with Gasteiger partial charge in [0.2, 0.25) is 0 Å². The quantitative estimate of drug-likeness (QED) is 0.802. The van der Waals surface area contributed by atoms with Gasteiger partial charge in [0.25, 0.3) is 0 Å². The van der Waals surface area contributed by atoms with Crippen molar-refractivity contribution in [3.63, 3.8) is 0 Å². The topological polar surface area (TPSA) is 34.9 Å². The Hall–Kier alpha value is -1.12. The molecule has 0 amide bonds. The molecule has 0 radical (unpaired) electrons. The highest BCUT2D eigenvalue weighted by atomic mass is 16.1. The van der Waals surface area contributed by atoms with Crippen LogP contribution in [0, 0.1) is 5.41 Å². The van der Waals surface area contributed by atoms with Gasteiger partial charge in [-0.05, 0) is 25.3 Å². The molecule has 1 aromatic heterocycles. The molecule has 2 rings (SSSR count). The van der Waals surface area contributed by atoms with E-state index in [9.17, 15) is 4.79 Å². The first-order chi connectivity index (χ1) is 8.14. The predicted molar refractivity (Wildman–Crippen MR) is 67.8 cm³/mol. The van der Waals surface area contributed by atoms with Crippen LogP contribution in [0.25, 0.3) is 0 Å². The molecule has 0 unspecified atom stereocenters. The molecule has 3 heteroatoms. The summed E-state index contributed by atoms with van der Waals surface area (Å²) in [5, 5.41) is 4.22. The third kappa shape index (κ3) is 2.76. The minimum atomic E-state index is -0.0768. The molecule has 0 N–H and O–H groups in total. The van der Waals surface area contributed by atoms with E-state index < -0.39 is 0 Å². The summed E-state index contributed by atoms with van der Waals surface area (Å²) in [6, 6.07) is 0. The molecule has 1 aliphatic carbocycles. The summed E-state index contributed by atoms with van der Waals surface area (Å²) in [5.74, 6) is 0.396. The summed E-state index contributed by atoms with van der Waals surface area (Å²) >= 11 is 0. The SMILES string of the molecule is CCn1cc(CC(=O)C2(C)CCCCC2)cn1. The molecular formula is C14H22N2O. The van der Waals surface area contributed by atoms with Crippen LogP contribution in [0.3, 0.4) is 0 Å². The first-order valence-corrected chi connectivity index (χ1v) is 6.69. The lowest BCUT2D eigenvalue weighted by Gasteiger charge is -2.31. The molecular weight excluding hydrogens is 212 g/mol. The average Bonchev–Trinajstić information content (AvgIpc) is 2.78. The average molecular weight is 234 g/mol. The largest absolute Gasteiger partial charge is 0.299 e. The van der Waals surface area contributed by atoms with Crippen LogP contribution in [-0.2, 0) is 17.8 Å². The van der Waals surface area contributed by atoms with Crippen LogP contribution in [0.5, 0.6) is 0 Å². The summed E-state index contributed by atoms with van der Waals surface area (Å²) in [4.78, 5) is 12.3. The molecule has 0 bridgehead atoms. The van der Waals surface area contributed by atoms with Crippen molar-refractivity contribution in [2.75, 3.05) is 0 Å². The van der Waals surface area contributed by atoms with Gasteiger partial charge in [-0.15, -0.1) is 0 Å². The van der Waals surface area contributed by atoms with E-state index in [1.807, 2.05) is 17.1 Å². The maximum atomic E-state index is 12.3. The molecule has 1 saturated carbocycles. The van der Waals surface area contributed by atoms with Crippen molar-refractivity contribution in [3.8, 4) is 0 Å². The number of ketones is 1. The zero-order valence-corrected chi connectivity index (χ0v) is 10.9. The molecule has 3 nitrogen and oxygen atoms in total. The number of hydrogen-bond acceptors (Lipinski definition) is 2. The molecule has 1 heterocycles. The van der Waals surface area contributed by atoms with Gasteiger partial charge in [-0.1, -0.05) is 26.2 Å². The Balaban J connectivity index is 2.00. The monoisotopic (exact) mass is 234 g/mol. The highest BCUT2D eigenvalue weighted by Gasteiger charge is 2.33. The van der Waals surface area contributed by atoms with E-state index >= 15 is 0 Å². The second kappa shape index (κ2) is 5.03. The van der Waals surface area contributed by atoms with Crippen molar-refractivity contribution >= 4 is 5.78 Å². The Kier molecular flexibility index (Phi) is 3.65. The van der Waals surface area contributed by atoms with Crippen LogP contribution in [0.4, 0.5) is 0 Å². The smallest absolute Gasteiger partial charge is 0.143 e. The molecule has 0 atom stereocenters. The van der Waals surface area contributed by atoms with Gasteiger partial charge >= 0.3 is 0 Å². The van der Waals surface area contributed by atoms with E-state index in [2.05, 4.69) is 18.9 Å². The molecule has 1 aliphatic rings. The highest BCUT2D eigenvalue weighted by molar-refractivity contribution is 5.86. The van der Waals surface area contributed by atoms with Crippen molar-refractivity contribution in [2.45, 2.75) is 58.9 Å². The summed E-state index contributed by atoms with van der Waals surface area (Å²) in [6.07, 6.45) is 10.2. The standard InChI is InChI=1S/C14H22N2O/c1-3-16-11-12(10-15-16)9-13(17)14(2)7-5-4-6-8-14/h10-11H,3-9H2,1-2H3. The lowest BCUT2D eigenvalue weighted by atomic mass is 9.71. The fourth-order valence-corrected chi connectivity index (χ4v) is 2.68. The molecule has 17 heavy (non-hydrogen) atoms. The summed E-state index contributed by atoms with van der Waals surface area (Å²) in [7, 11) is 0. The van der Waals surface area contributed by atoms with Gasteiger partial charge in [0.15, 0.2) is 0 Å². The number of Topliss-reactive ketones (excluding diaryl/α,β-unsaturated/α-hetero) is 1. The number of hydrogen-bond donors (Lipinski definition) is 0. The molecule has 0 aliphatic heterocycles. The summed E-state index contributed by atoms with van der Waals surface area (Å²) in [6.45, 7) is 5.06. The Morgan fingerprint density at radius 3 is 2.71 bits per heavy atom. The normalized spacial score (nSPS) is 19.2. The lowest BCUT2D eigenvalue weighted by Crippen LogP contribution is -2.31. The fourth-order valence-electron chi connectivity index (χ4n) is 2.68. The van der Waals surface area contributed by atoms with E-state index in [-0.39, 0.29) is 5.41 Å². The third-order valence-corrected chi connectivity index (χ3v) is 4.01. The van der Waals surface area contributed by atoms with E-state index in [1.54, 1.807) is 0 Å². The van der Waals surface area contributed by atoms with Crippen LogP contribution in [0.1, 0.15) is 51.5 Å². The van der Waals surface area contributed by atoms with E-state index in [0.29, 0.717) is 12.2 Å². The van der Waals surface area contributed by atoms with Gasteiger partial charge in [0.05, 0.1) is 6.20 Å². The first-order valence-electron chi connectivity index (χ1n) is 6.69. The maximum Gasteiger partial charge on any atom is 0.143 e. The van der Waals surface area contributed by atoms with Crippen LogP contribution in [0.2, 0.25) is 0 Å². The van der Waals surface area contributed by atoms with E-state index in [4.69, 9.17) is 0 Å². The van der Waals surface area contributed by atoms with E-state index in [1.165, 1.54) is 19.3 Å². The zero-order valence-electron chi connectivity index (χ0n) is 10.9. The Morgan fingerprint density at radius 2 is 2.12 bits per heavy atom.